The molecule has 0 amide bonds. The molecule has 33 heavy (non-hydrogen) atoms. The summed E-state index contributed by atoms with van der Waals surface area (Å²) in [5.74, 6) is 0.706. The fourth-order valence-electron chi connectivity index (χ4n) is 3.74. The van der Waals surface area contributed by atoms with Gasteiger partial charge in [0, 0.05) is 37.0 Å². The van der Waals surface area contributed by atoms with Crippen molar-refractivity contribution in [2.45, 2.75) is 6.42 Å². The third-order valence-electron chi connectivity index (χ3n) is 5.45. The summed E-state index contributed by atoms with van der Waals surface area (Å²) >= 11 is 0. The van der Waals surface area contributed by atoms with E-state index in [0.717, 1.165) is 53.7 Å². The van der Waals surface area contributed by atoms with Gasteiger partial charge >= 0.3 is 0 Å². The van der Waals surface area contributed by atoms with Gasteiger partial charge in [0.15, 0.2) is 0 Å². The van der Waals surface area contributed by atoms with E-state index >= 15 is 0 Å². The van der Waals surface area contributed by atoms with Crippen molar-refractivity contribution in [3.8, 4) is 17.3 Å². The van der Waals surface area contributed by atoms with Crippen LogP contribution in [0.1, 0.15) is 11.4 Å². The molecule has 8 nitrogen and oxygen atoms in total. The molecule has 1 saturated heterocycles. The van der Waals surface area contributed by atoms with Gasteiger partial charge in [-0.15, -0.1) is 0 Å². The smallest absolute Gasteiger partial charge is 0.233 e. The van der Waals surface area contributed by atoms with Crippen molar-refractivity contribution in [2.24, 2.45) is 0 Å². The molecular weight excluding hydrogens is 438 g/mol. The number of ether oxygens (including phenoxy) is 1. The van der Waals surface area contributed by atoms with Crippen LogP contribution in [0.4, 0.5) is 11.4 Å². The molecule has 0 bridgehead atoms. The van der Waals surface area contributed by atoms with Crippen molar-refractivity contribution in [3.63, 3.8) is 0 Å². The Hall–Kier alpha value is -3.48. The summed E-state index contributed by atoms with van der Waals surface area (Å²) in [4.78, 5) is 11.4. The van der Waals surface area contributed by atoms with Crippen LogP contribution in [-0.4, -0.2) is 57.5 Å². The number of anilines is 2. The predicted molar refractivity (Wildman–Crippen MR) is 128 cm³/mol. The molecule has 4 rings (SSSR count). The van der Waals surface area contributed by atoms with Crippen molar-refractivity contribution in [1.29, 1.82) is 5.26 Å². The van der Waals surface area contributed by atoms with E-state index in [0.29, 0.717) is 17.9 Å². The normalized spacial score (nSPS) is 14.0. The first-order chi connectivity index (χ1) is 15.9. The first kappa shape index (κ1) is 22.7. The molecule has 0 N–H and O–H groups in total. The Morgan fingerprint density at radius 2 is 1.76 bits per heavy atom. The van der Waals surface area contributed by atoms with Gasteiger partial charge in [0.1, 0.15) is 12.4 Å². The van der Waals surface area contributed by atoms with Crippen LogP contribution in [0.25, 0.3) is 11.3 Å². The molecule has 1 aromatic heterocycles. The lowest BCUT2D eigenvalue weighted by Crippen LogP contribution is -2.36. The second-order valence-electron chi connectivity index (χ2n) is 7.78. The Kier molecular flexibility index (Phi) is 6.87. The van der Waals surface area contributed by atoms with Gasteiger partial charge in [0.05, 0.1) is 36.9 Å². The van der Waals surface area contributed by atoms with Crippen LogP contribution in [-0.2, 0) is 21.2 Å². The van der Waals surface area contributed by atoms with E-state index in [1.54, 1.807) is 30.5 Å². The van der Waals surface area contributed by atoms with E-state index in [-0.39, 0.29) is 6.54 Å². The third kappa shape index (κ3) is 5.66. The SMILES string of the molecule is CS(=O)(=O)N(CC#N)c1ccc(-c2ccnc(Cc3ccc(N4CCOCC4)cc3)n2)cc1. The maximum absolute atomic E-state index is 12.0. The average Bonchev–Trinajstić information content (AvgIpc) is 2.83. The molecule has 0 unspecified atom stereocenters. The fourth-order valence-corrected chi connectivity index (χ4v) is 4.53. The van der Waals surface area contributed by atoms with Gasteiger partial charge in [-0.05, 0) is 35.9 Å². The van der Waals surface area contributed by atoms with Crippen LogP contribution >= 0.6 is 0 Å². The number of morpholine rings is 1. The van der Waals surface area contributed by atoms with Crippen molar-refractivity contribution < 1.29 is 13.2 Å². The van der Waals surface area contributed by atoms with E-state index in [2.05, 4.69) is 39.1 Å². The van der Waals surface area contributed by atoms with Crippen molar-refractivity contribution >= 4 is 21.4 Å². The maximum Gasteiger partial charge on any atom is 0.233 e. The van der Waals surface area contributed by atoms with Gasteiger partial charge in [-0.1, -0.05) is 24.3 Å². The van der Waals surface area contributed by atoms with Crippen LogP contribution < -0.4 is 9.21 Å². The highest BCUT2D eigenvalue weighted by molar-refractivity contribution is 7.92. The molecule has 0 spiro atoms. The van der Waals surface area contributed by atoms with E-state index in [1.165, 1.54) is 5.69 Å². The fraction of sp³-hybridized carbons (Fsp3) is 0.292. The molecule has 0 saturated carbocycles. The number of benzene rings is 2. The van der Waals surface area contributed by atoms with Crippen LogP contribution in [0.2, 0.25) is 0 Å². The van der Waals surface area contributed by atoms with E-state index < -0.39 is 10.0 Å². The van der Waals surface area contributed by atoms with Gasteiger partial charge in [-0.25, -0.2) is 18.4 Å². The molecule has 0 radical (unpaired) electrons. The maximum atomic E-state index is 12.0. The summed E-state index contributed by atoms with van der Waals surface area (Å²) in [5, 5.41) is 8.95. The van der Waals surface area contributed by atoms with E-state index in [9.17, 15) is 8.42 Å². The van der Waals surface area contributed by atoms with E-state index in [1.807, 2.05) is 12.1 Å². The van der Waals surface area contributed by atoms with E-state index in [4.69, 9.17) is 10.00 Å². The Bertz CT molecular complexity index is 1230. The highest BCUT2D eigenvalue weighted by atomic mass is 32.2. The number of aromatic nitrogens is 2. The number of hydrogen-bond donors (Lipinski definition) is 0. The number of rotatable bonds is 7. The molecule has 1 aliphatic heterocycles. The Labute approximate surface area is 194 Å². The van der Waals surface area contributed by atoms with Crippen molar-refractivity contribution in [2.75, 3.05) is 48.3 Å². The minimum absolute atomic E-state index is 0.236. The Morgan fingerprint density at radius 3 is 2.39 bits per heavy atom. The highest BCUT2D eigenvalue weighted by Gasteiger charge is 2.17. The number of sulfonamides is 1. The Morgan fingerprint density at radius 1 is 1.06 bits per heavy atom. The number of hydrogen-bond acceptors (Lipinski definition) is 7. The highest BCUT2D eigenvalue weighted by Crippen LogP contribution is 2.24. The quantitative estimate of drug-likeness (QED) is 0.497. The second kappa shape index (κ2) is 9.98. The van der Waals surface area contributed by atoms with Gasteiger partial charge in [-0.3, -0.25) is 4.31 Å². The van der Waals surface area contributed by atoms with Crippen molar-refractivity contribution in [3.05, 3.63) is 72.2 Å². The molecule has 0 aliphatic carbocycles. The standard InChI is InChI=1S/C24H25N5O3S/c1-33(30,31)29(13-11-25)22-8-4-20(5-9-22)23-10-12-26-24(27-23)18-19-2-6-21(7-3-19)28-14-16-32-17-15-28/h2-10,12H,13-18H2,1H3. The number of nitriles is 1. The zero-order valence-corrected chi connectivity index (χ0v) is 19.2. The zero-order valence-electron chi connectivity index (χ0n) is 18.4. The number of nitrogens with zero attached hydrogens (tertiary/aromatic N) is 5. The molecule has 3 aromatic rings. The predicted octanol–water partition coefficient (Wildman–Crippen LogP) is 2.86. The molecule has 1 aliphatic rings. The molecular formula is C24H25N5O3S. The Balaban J connectivity index is 1.48. The van der Waals surface area contributed by atoms with Gasteiger partial charge in [0.2, 0.25) is 10.0 Å². The van der Waals surface area contributed by atoms with Gasteiger partial charge in [0.25, 0.3) is 0 Å². The largest absolute Gasteiger partial charge is 0.378 e. The van der Waals surface area contributed by atoms with Crippen LogP contribution in [0, 0.1) is 11.3 Å². The lowest BCUT2D eigenvalue weighted by Gasteiger charge is -2.28. The third-order valence-corrected chi connectivity index (χ3v) is 6.59. The molecule has 9 heteroatoms. The molecule has 2 heterocycles. The minimum atomic E-state index is -3.53. The molecule has 2 aromatic carbocycles. The summed E-state index contributed by atoms with van der Waals surface area (Å²) in [6.07, 6.45) is 3.42. The lowest BCUT2D eigenvalue weighted by molar-refractivity contribution is 0.122. The van der Waals surface area contributed by atoms with Gasteiger partial charge < -0.3 is 9.64 Å². The zero-order chi connectivity index (χ0) is 23.3. The second-order valence-corrected chi connectivity index (χ2v) is 9.68. The first-order valence-corrected chi connectivity index (χ1v) is 12.5. The molecule has 1 fully saturated rings. The lowest BCUT2D eigenvalue weighted by atomic mass is 10.1. The summed E-state index contributed by atoms with van der Waals surface area (Å²) in [6, 6.07) is 19.1. The van der Waals surface area contributed by atoms with Gasteiger partial charge in [-0.2, -0.15) is 5.26 Å². The monoisotopic (exact) mass is 463 g/mol. The summed E-state index contributed by atoms with van der Waals surface area (Å²) in [6.45, 7) is 3.09. The average molecular weight is 464 g/mol. The topological polar surface area (TPSA) is 99.4 Å². The molecule has 170 valence electrons. The summed E-state index contributed by atoms with van der Waals surface area (Å²) in [5.41, 5.74) is 4.35. The summed E-state index contributed by atoms with van der Waals surface area (Å²) in [7, 11) is -3.53. The van der Waals surface area contributed by atoms with Crippen LogP contribution in [0.5, 0.6) is 0 Å². The van der Waals surface area contributed by atoms with Crippen molar-refractivity contribution in [1.82, 2.24) is 9.97 Å². The van der Waals surface area contributed by atoms with Crippen LogP contribution in [0.15, 0.2) is 60.8 Å². The molecule has 0 atom stereocenters. The summed E-state index contributed by atoms with van der Waals surface area (Å²) < 4.78 is 30.4. The minimum Gasteiger partial charge on any atom is -0.378 e. The first-order valence-electron chi connectivity index (χ1n) is 10.6. The van der Waals surface area contributed by atoms with Crippen LogP contribution in [0.3, 0.4) is 0 Å².